The van der Waals surface area contributed by atoms with Crippen molar-refractivity contribution < 1.29 is 4.74 Å². The maximum atomic E-state index is 5.79. The average Bonchev–Trinajstić information content (AvgIpc) is 2.64. The molecule has 3 aliphatic rings. The molecule has 0 aromatic heterocycles. The molecule has 3 fully saturated rings. The summed E-state index contributed by atoms with van der Waals surface area (Å²) in [6.07, 6.45) is 11.2. The summed E-state index contributed by atoms with van der Waals surface area (Å²) in [5, 5.41) is 3.78. The van der Waals surface area contributed by atoms with Gasteiger partial charge in [0.05, 0.1) is 6.10 Å². The molecule has 2 bridgehead atoms. The van der Waals surface area contributed by atoms with Crippen molar-refractivity contribution in [1.29, 1.82) is 0 Å². The lowest BCUT2D eigenvalue weighted by Crippen LogP contribution is -2.47. The molecule has 3 unspecified atom stereocenters. The summed E-state index contributed by atoms with van der Waals surface area (Å²) >= 11 is 0. The molecule has 1 N–H and O–H groups in total. The Morgan fingerprint density at radius 3 is 2.56 bits per heavy atom. The van der Waals surface area contributed by atoms with E-state index in [0.29, 0.717) is 6.10 Å². The first-order chi connectivity index (χ1) is 8.83. The number of nitrogens with one attached hydrogen (secondary N) is 1. The summed E-state index contributed by atoms with van der Waals surface area (Å²) in [4.78, 5) is 2.61. The van der Waals surface area contributed by atoms with Gasteiger partial charge in [-0.2, -0.15) is 0 Å². The second kappa shape index (κ2) is 5.89. The number of piperidine rings is 1. The van der Waals surface area contributed by atoms with Crippen LogP contribution in [0.15, 0.2) is 0 Å². The van der Waals surface area contributed by atoms with Crippen molar-refractivity contribution in [3.05, 3.63) is 0 Å². The summed E-state index contributed by atoms with van der Waals surface area (Å²) in [6, 6.07) is 2.47. The Hall–Kier alpha value is -0.120. The molecule has 3 rings (SSSR count). The van der Waals surface area contributed by atoms with Crippen LogP contribution in [0.2, 0.25) is 0 Å². The molecule has 3 nitrogen and oxygen atoms in total. The van der Waals surface area contributed by atoms with Crippen molar-refractivity contribution in [2.75, 3.05) is 20.2 Å². The monoisotopic (exact) mass is 252 g/mol. The third-order valence-electron chi connectivity index (χ3n) is 5.27. The summed E-state index contributed by atoms with van der Waals surface area (Å²) in [6.45, 7) is 2.14. The second-order valence-electron chi connectivity index (χ2n) is 6.45. The normalized spacial score (nSPS) is 41.2. The van der Waals surface area contributed by atoms with E-state index in [0.717, 1.165) is 31.3 Å². The lowest BCUT2D eigenvalue weighted by atomic mass is 9.97. The number of ether oxygens (including phenoxy) is 1. The zero-order valence-electron chi connectivity index (χ0n) is 11.7. The van der Waals surface area contributed by atoms with E-state index in [-0.39, 0.29) is 0 Å². The van der Waals surface area contributed by atoms with Gasteiger partial charge in [-0.15, -0.1) is 0 Å². The van der Waals surface area contributed by atoms with Crippen LogP contribution in [0.1, 0.15) is 51.4 Å². The minimum atomic E-state index is 0.536. The number of fused-ring (bicyclic) bond motifs is 2. The van der Waals surface area contributed by atoms with E-state index < -0.39 is 0 Å². The SMILES string of the molecule is CN1C2CCC1CC(NCCC1CCCCO1)C2. The van der Waals surface area contributed by atoms with Gasteiger partial charge in [-0.25, -0.2) is 0 Å². The highest BCUT2D eigenvalue weighted by atomic mass is 16.5. The number of rotatable bonds is 4. The highest BCUT2D eigenvalue weighted by Gasteiger charge is 2.37. The zero-order chi connectivity index (χ0) is 12.4. The quantitative estimate of drug-likeness (QED) is 0.830. The molecule has 3 heterocycles. The van der Waals surface area contributed by atoms with E-state index >= 15 is 0 Å². The van der Waals surface area contributed by atoms with Crippen LogP contribution < -0.4 is 5.32 Å². The fraction of sp³-hybridized carbons (Fsp3) is 1.00. The minimum absolute atomic E-state index is 0.536. The summed E-state index contributed by atoms with van der Waals surface area (Å²) < 4.78 is 5.79. The Bertz CT molecular complexity index is 251. The van der Waals surface area contributed by atoms with E-state index in [4.69, 9.17) is 4.74 Å². The van der Waals surface area contributed by atoms with Crippen LogP contribution in [-0.2, 0) is 4.74 Å². The van der Waals surface area contributed by atoms with Crippen LogP contribution in [0.5, 0.6) is 0 Å². The average molecular weight is 252 g/mol. The Balaban J connectivity index is 1.36. The van der Waals surface area contributed by atoms with Crippen molar-refractivity contribution >= 4 is 0 Å². The van der Waals surface area contributed by atoms with Crippen LogP contribution in [0.25, 0.3) is 0 Å². The molecule has 3 aliphatic heterocycles. The maximum Gasteiger partial charge on any atom is 0.0587 e. The molecule has 18 heavy (non-hydrogen) atoms. The van der Waals surface area contributed by atoms with Crippen molar-refractivity contribution in [3.8, 4) is 0 Å². The van der Waals surface area contributed by atoms with Gasteiger partial charge in [0.15, 0.2) is 0 Å². The third-order valence-corrected chi connectivity index (χ3v) is 5.27. The van der Waals surface area contributed by atoms with Gasteiger partial charge in [0.1, 0.15) is 0 Å². The molecule has 0 amide bonds. The highest BCUT2D eigenvalue weighted by Crippen LogP contribution is 2.34. The van der Waals surface area contributed by atoms with E-state index in [9.17, 15) is 0 Å². The summed E-state index contributed by atoms with van der Waals surface area (Å²) in [7, 11) is 2.31. The predicted octanol–water partition coefficient (Wildman–Crippen LogP) is 2.16. The van der Waals surface area contributed by atoms with Crippen LogP contribution in [-0.4, -0.2) is 49.3 Å². The predicted molar refractivity (Wildman–Crippen MR) is 73.8 cm³/mol. The Kier molecular flexibility index (Phi) is 4.22. The fourth-order valence-corrected chi connectivity index (χ4v) is 4.06. The number of hydrogen-bond donors (Lipinski definition) is 1. The number of nitrogens with zero attached hydrogens (tertiary/aromatic N) is 1. The Morgan fingerprint density at radius 2 is 1.89 bits per heavy atom. The Morgan fingerprint density at radius 1 is 1.11 bits per heavy atom. The van der Waals surface area contributed by atoms with Gasteiger partial charge >= 0.3 is 0 Å². The van der Waals surface area contributed by atoms with Crippen LogP contribution in [0.4, 0.5) is 0 Å². The smallest absolute Gasteiger partial charge is 0.0587 e. The largest absolute Gasteiger partial charge is 0.378 e. The minimum Gasteiger partial charge on any atom is -0.378 e. The molecule has 0 saturated carbocycles. The van der Waals surface area contributed by atoms with Crippen molar-refractivity contribution in [2.24, 2.45) is 0 Å². The molecule has 3 atom stereocenters. The molecular weight excluding hydrogens is 224 g/mol. The van der Waals surface area contributed by atoms with Crippen molar-refractivity contribution in [1.82, 2.24) is 10.2 Å². The first kappa shape index (κ1) is 12.9. The van der Waals surface area contributed by atoms with Gasteiger partial charge in [0, 0.05) is 24.7 Å². The Labute approximate surface area is 111 Å². The molecule has 0 spiro atoms. The summed E-state index contributed by atoms with van der Waals surface area (Å²) in [5.74, 6) is 0. The van der Waals surface area contributed by atoms with Gasteiger partial charge in [-0.3, -0.25) is 0 Å². The van der Waals surface area contributed by atoms with Crippen molar-refractivity contribution in [2.45, 2.75) is 75.6 Å². The van der Waals surface area contributed by atoms with Gasteiger partial charge in [-0.05, 0) is 65.0 Å². The highest BCUT2D eigenvalue weighted by molar-refractivity contribution is 4.95. The van der Waals surface area contributed by atoms with E-state index in [1.165, 1.54) is 51.4 Å². The third kappa shape index (κ3) is 2.89. The first-order valence-corrected chi connectivity index (χ1v) is 7.90. The van der Waals surface area contributed by atoms with Gasteiger partial charge in [0.25, 0.3) is 0 Å². The lowest BCUT2D eigenvalue weighted by molar-refractivity contribution is 0.0106. The van der Waals surface area contributed by atoms with Gasteiger partial charge in [0.2, 0.25) is 0 Å². The van der Waals surface area contributed by atoms with E-state index in [2.05, 4.69) is 17.3 Å². The van der Waals surface area contributed by atoms with Crippen LogP contribution in [0.3, 0.4) is 0 Å². The lowest BCUT2D eigenvalue weighted by Gasteiger charge is -2.37. The van der Waals surface area contributed by atoms with Crippen LogP contribution in [0, 0.1) is 0 Å². The zero-order valence-corrected chi connectivity index (χ0v) is 11.7. The molecule has 104 valence electrons. The number of hydrogen-bond acceptors (Lipinski definition) is 3. The fourth-order valence-electron chi connectivity index (χ4n) is 4.06. The molecule has 0 radical (unpaired) electrons. The second-order valence-corrected chi connectivity index (χ2v) is 6.45. The van der Waals surface area contributed by atoms with E-state index in [1.54, 1.807) is 0 Å². The first-order valence-electron chi connectivity index (χ1n) is 7.90. The molecule has 3 heteroatoms. The molecular formula is C15H28N2O. The molecule has 0 aliphatic carbocycles. The molecule has 0 aromatic rings. The molecule has 3 saturated heterocycles. The van der Waals surface area contributed by atoms with Crippen LogP contribution >= 0.6 is 0 Å². The summed E-state index contributed by atoms with van der Waals surface area (Å²) in [5.41, 5.74) is 0. The standard InChI is InChI=1S/C15H28N2O/c1-17-13-5-6-14(17)11-12(10-13)16-8-7-15-4-2-3-9-18-15/h12-16H,2-11H2,1H3. The molecule has 0 aromatic carbocycles. The van der Waals surface area contributed by atoms with Crippen molar-refractivity contribution in [3.63, 3.8) is 0 Å². The van der Waals surface area contributed by atoms with Gasteiger partial charge < -0.3 is 15.0 Å². The van der Waals surface area contributed by atoms with E-state index in [1.807, 2.05) is 0 Å². The van der Waals surface area contributed by atoms with Gasteiger partial charge in [-0.1, -0.05) is 0 Å². The topological polar surface area (TPSA) is 24.5 Å². The maximum absolute atomic E-state index is 5.79.